The summed E-state index contributed by atoms with van der Waals surface area (Å²) in [5.74, 6) is -1.91. The van der Waals surface area contributed by atoms with E-state index in [0.29, 0.717) is 18.4 Å². The van der Waals surface area contributed by atoms with Gasteiger partial charge in [0.15, 0.2) is 0 Å². The number of aryl methyl sites for hydroxylation is 1. The van der Waals surface area contributed by atoms with Crippen molar-refractivity contribution in [3.05, 3.63) is 71.5 Å². The Hall–Kier alpha value is -3.22. The van der Waals surface area contributed by atoms with E-state index >= 15 is 0 Å². The summed E-state index contributed by atoms with van der Waals surface area (Å²) in [5.41, 5.74) is 7.27. The summed E-state index contributed by atoms with van der Waals surface area (Å²) in [7, 11) is 0. The lowest BCUT2D eigenvalue weighted by Gasteiger charge is -2.21. The van der Waals surface area contributed by atoms with E-state index in [1.54, 1.807) is 12.1 Å². The molecule has 0 spiro atoms. The molecular weight excluding hydrogens is 373 g/mol. The Morgan fingerprint density at radius 1 is 0.931 bits per heavy atom. The number of halogens is 1. The second kappa shape index (κ2) is 10.9. The summed E-state index contributed by atoms with van der Waals surface area (Å²) in [4.78, 5) is 36.0. The molecule has 2 aromatic rings. The average Bonchev–Trinajstić information content (AvgIpc) is 2.68. The van der Waals surface area contributed by atoms with Gasteiger partial charge in [-0.25, -0.2) is 4.39 Å². The van der Waals surface area contributed by atoms with Crippen molar-refractivity contribution in [3.8, 4) is 0 Å². The van der Waals surface area contributed by atoms with Gasteiger partial charge in [0.1, 0.15) is 17.9 Å². The summed E-state index contributed by atoms with van der Waals surface area (Å²) < 4.78 is 13.1. The van der Waals surface area contributed by atoms with Crippen LogP contribution >= 0.6 is 0 Å². The normalized spacial score (nSPS) is 12.6. The third-order valence-electron chi connectivity index (χ3n) is 4.51. The molecule has 2 aromatic carbocycles. The Balaban J connectivity index is 1.98. The first kappa shape index (κ1) is 22.1. The molecular formula is C22H26FN3O3. The minimum Gasteiger partial charge on any atom is -0.368 e. The van der Waals surface area contributed by atoms with Crippen LogP contribution in [0.25, 0.3) is 0 Å². The van der Waals surface area contributed by atoms with Crippen LogP contribution in [0.3, 0.4) is 0 Å². The molecule has 0 aliphatic rings. The van der Waals surface area contributed by atoms with Crippen LogP contribution in [0, 0.1) is 5.82 Å². The predicted molar refractivity (Wildman–Crippen MR) is 108 cm³/mol. The molecule has 0 aliphatic carbocycles. The van der Waals surface area contributed by atoms with E-state index < -0.39 is 23.9 Å². The summed E-state index contributed by atoms with van der Waals surface area (Å²) in [6.45, 7) is 1.30. The van der Waals surface area contributed by atoms with Crippen molar-refractivity contribution in [2.75, 3.05) is 0 Å². The molecule has 0 radical (unpaired) electrons. The molecule has 0 unspecified atom stereocenters. The van der Waals surface area contributed by atoms with Crippen LogP contribution in [0.1, 0.15) is 30.9 Å². The van der Waals surface area contributed by atoms with Crippen LogP contribution in [0.2, 0.25) is 0 Å². The zero-order valence-corrected chi connectivity index (χ0v) is 16.4. The lowest BCUT2D eigenvalue weighted by Crippen LogP contribution is -2.53. The molecule has 7 heteroatoms. The number of carbonyl (C=O) groups excluding carboxylic acids is 3. The Morgan fingerprint density at radius 2 is 1.59 bits per heavy atom. The van der Waals surface area contributed by atoms with Gasteiger partial charge in [-0.1, -0.05) is 42.5 Å². The van der Waals surface area contributed by atoms with Crippen LogP contribution in [-0.2, 0) is 27.2 Å². The summed E-state index contributed by atoms with van der Waals surface area (Å²) in [6.07, 6.45) is 1.98. The first-order valence-electron chi connectivity index (χ1n) is 9.50. The van der Waals surface area contributed by atoms with Crippen molar-refractivity contribution < 1.29 is 18.8 Å². The van der Waals surface area contributed by atoms with E-state index in [0.717, 1.165) is 12.0 Å². The number of carbonyl (C=O) groups is 3. The monoisotopic (exact) mass is 399 g/mol. The molecule has 29 heavy (non-hydrogen) atoms. The summed E-state index contributed by atoms with van der Waals surface area (Å²) in [6, 6.07) is 13.7. The van der Waals surface area contributed by atoms with E-state index in [1.165, 1.54) is 19.1 Å². The zero-order valence-electron chi connectivity index (χ0n) is 16.4. The van der Waals surface area contributed by atoms with Crippen LogP contribution in [-0.4, -0.2) is 29.8 Å². The number of nitrogens with one attached hydrogen (secondary N) is 2. The Kier molecular flexibility index (Phi) is 8.33. The van der Waals surface area contributed by atoms with Crippen molar-refractivity contribution in [2.45, 2.75) is 44.7 Å². The highest BCUT2D eigenvalue weighted by Crippen LogP contribution is 2.09. The summed E-state index contributed by atoms with van der Waals surface area (Å²) >= 11 is 0. The minimum atomic E-state index is -0.895. The highest BCUT2D eigenvalue weighted by molar-refractivity contribution is 5.91. The molecule has 0 bridgehead atoms. The Bertz CT molecular complexity index is 825. The maximum atomic E-state index is 13.1. The molecule has 0 aromatic heterocycles. The van der Waals surface area contributed by atoms with Crippen molar-refractivity contribution in [1.82, 2.24) is 10.6 Å². The largest absolute Gasteiger partial charge is 0.368 e. The van der Waals surface area contributed by atoms with Gasteiger partial charge >= 0.3 is 0 Å². The first-order valence-corrected chi connectivity index (χ1v) is 9.50. The number of benzene rings is 2. The number of nitrogens with two attached hydrogens (primary N) is 1. The molecule has 0 saturated carbocycles. The van der Waals surface area contributed by atoms with E-state index in [4.69, 9.17) is 5.73 Å². The van der Waals surface area contributed by atoms with Crippen LogP contribution < -0.4 is 16.4 Å². The number of hydrogen-bond acceptors (Lipinski definition) is 3. The van der Waals surface area contributed by atoms with E-state index in [-0.39, 0.29) is 18.1 Å². The Morgan fingerprint density at radius 3 is 2.17 bits per heavy atom. The highest BCUT2D eigenvalue weighted by atomic mass is 19.1. The van der Waals surface area contributed by atoms with Gasteiger partial charge in [-0.2, -0.15) is 0 Å². The van der Waals surface area contributed by atoms with E-state index in [9.17, 15) is 18.8 Å². The van der Waals surface area contributed by atoms with Crippen LogP contribution in [0.4, 0.5) is 4.39 Å². The van der Waals surface area contributed by atoms with Gasteiger partial charge in [-0.3, -0.25) is 14.4 Å². The molecule has 4 N–H and O–H groups in total. The number of rotatable bonds is 10. The maximum absolute atomic E-state index is 13.1. The van der Waals surface area contributed by atoms with Gasteiger partial charge in [-0.15, -0.1) is 0 Å². The average molecular weight is 399 g/mol. The van der Waals surface area contributed by atoms with Gasteiger partial charge in [0.05, 0.1) is 0 Å². The lowest BCUT2D eigenvalue weighted by molar-refractivity contribution is -0.130. The molecule has 0 fully saturated rings. The smallest absolute Gasteiger partial charge is 0.243 e. The van der Waals surface area contributed by atoms with E-state index in [2.05, 4.69) is 10.6 Å². The fourth-order valence-corrected chi connectivity index (χ4v) is 3.02. The third-order valence-corrected chi connectivity index (χ3v) is 4.51. The second-order valence-electron chi connectivity index (χ2n) is 6.93. The van der Waals surface area contributed by atoms with Gasteiger partial charge in [0, 0.05) is 13.3 Å². The van der Waals surface area contributed by atoms with Crippen molar-refractivity contribution >= 4 is 17.7 Å². The van der Waals surface area contributed by atoms with Crippen LogP contribution in [0.5, 0.6) is 0 Å². The molecule has 2 rings (SSSR count). The topological polar surface area (TPSA) is 101 Å². The van der Waals surface area contributed by atoms with Crippen molar-refractivity contribution in [2.24, 2.45) is 5.73 Å². The highest BCUT2D eigenvalue weighted by Gasteiger charge is 2.25. The zero-order chi connectivity index (χ0) is 21.2. The van der Waals surface area contributed by atoms with E-state index in [1.807, 2.05) is 30.3 Å². The fraction of sp³-hybridized carbons (Fsp3) is 0.318. The molecule has 2 atom stereocenters. The second-order valence-corrected chi connectivity index (χ2v) is 6.93. The van der Waals surface area contributed by atoms with Gasteiger partial charge < -0.3 is 16.4 Å². The number of amides is 3. The lowest BCUT2D eigenvalue weighted by atomic mass is 10.0. The SMILES string of the molecule is CC(=O)N[C@@H](Cc1ccc(F)cc1)C(=O)N[C@H](CCCc1ccccc1)C(N)=O. The first-order chi connectivity index (χ1) is 13.8. The number of primary amides is 1. The molecule has 0 saturated heterocycles. The Labute approximate surface area is 169 Å². The van der Waals surface area contributed by atoms with Crippen molar-refractivity contribution in [1.29, 1.82) is 0 Å². The van der Waals surface area contributed by atoms with Crippen molar-refractivity contribution in [3.63, 3.8) is 0 Å². The van der Waals surface area contributed by atoms with Gasteiger partial charge in [0.25, 0.3) is 0 Å². The van der Waals surface area contributed by atoms with Gasteiger partial charge in [-0.05, 0) is 42.5 Å². The maximum Gasteiger partial charge on any atom is 0.243 e. The fourth-order valence-electron chi connectivity index (χ4n) is 3.02. The standard InChI is InChI=1S/C22H26FN3O3/c1-15(27)25-20(14-17-10-12-18(23)13-11-17)22(29)26-19(21(24)28)9-5-8-16-6-3-2-4-7-16/h2-4,6-7,10-13,19-20H,5,8-9,14H2,1H3,(H2,24,28)(H,25,27)(H,26,29)/t19-,20+/m1/s1. The van der Waals surface area contributed by atoms with Gasteiger partial charge in [0.2, 0.25) is 17.7 Å². The minimum absolute atomic E-state index is 0.168. The molecule has 0 aliphatic heterocycles. The molecule has 6 nitrogen and oxygen atoms in total. The number of hydrogen-bond donors (Lipinski definition) is 3. The molecule has 154 valence electrons. The molecule has 3 amide bonds. The third kappa shape index (κ3) is 7.73. The molecule has 0 heterocycles. The quantitative estimate of drug-likeness (QED) is 0.568. The summed E-state index contributed by atoms with van der Waals surface area (Å²) in [5, 5.41) is 5.21. The van der Waals surface area contributed by atoms with Crippen LogP contribution in [0.15, 0.2) is 54.6 Å². The predicted octanol–water partition coefficient (Wildman–Crippen LogP) is 1.87.